The number of nitrogens with one attached hydrogen (secondary N) is 12. The minimum absolute atomic E-state index is 0.00565. The first-order valence-corrected chi connectivity index (χ1v) is 45.5. The van der Waals surface area contributed by atoms with E-state index in [1.54, 1.807) is 0 Å². The molecule has 29 nitrogen and oxygen atoms in total. The van der Waals surface area contributed by atoms with Crippen LogP contribution in [0, 0.1) is 123 Å². The highest BCUT2D eigenvalue weighted by Gasteiger charge is 2.83. The van der Waals surface area contributed by atoms with Gasteiger partial charge in [0.05, 0.1) is 221 Å². The largest absolute Gasteiger partial charge is 0.465 e. The van der Waals surface area contributed by atoms with Crippen molar-refractivity contribution in [3.05, 3.63) is 84.6 Å². The molecule has 12 N–H and O–H groups in total. The summed E-state index contributed by atoms with van der Waals surface area (Å²) in [4.78, 5) is 23.1. The van der Waals surface area contributed by atoms with E-state index >= 15 is 0 Å². The normalized spacial score (nSPS) is 47.2. The second-order valence-electron chi connectivity index (χ2n) is 39.7. The van der Waals surface area contributed by atoms with Gasteiger partial charge in [-0.1, -0.05) is 0 Å². The molecule has 738 valence electrons. The predicted octanol–water partition coefficient (Wildman–Crippen LogP) is -11.0. The van der Waals surface area contributed by atoms with Crippen LogP contribution < -0.4 is 58.8 Å². The number of carbonyl (C=O) groups excluding carboxylic acids is 1. The first kappa shape index (κ1) is 102. The van der Waals surface area contributed by atoms with Crippen molar-refractivity contribution in [2.24, 2.45) is 27.1 Å². The van der Waals surface area contributed by atoms with Gasteiger partial charge in [0, 0.05) is 25.7 Å². The molecule has 5 saturated carbocycles. The Morgan fingerprint density at radius 1 is 0.461 bits per heavy atom. The number of hydrogen-bond donors (Lipinski definition) is 12. The third-order valence-corrected chi connectivity index (χ3v) is 32.6. The number of alkyl halides is 12. The number of halogens is 12. The van der Waals surface area contributed by atoms with Crippen molar-refractivity contribution in [3.8, 4) is 6.07 Å². The molecule has 24 fully saturated rings. The van der Waals surface area contributed by atoms with Crippen LogP contribution >= 0.6 is 0 Å². The molecular formula is C87H145F12N13O16. The molecule has 19 heterocycles. The summed E-state index contributed by atoms with van der Waals surface area (Å²) in [6, 6.07) is 2.26. The lowest BCUT2D eigenvalue weighted by Gasteiger charge is -2.68. The first-order chi connectivity index (χ1) is 60.9. The van der Waals surface area contributed by atoms with Crippen molar-refractivity contribution in [1.29, 1.82) is 5.26 Å². The van der Waals surface area contributed by atoms with E-state index < -0.39 is 60.3 Å². The Kier molecular flexibility index (Phi) is 34.1. The topological polar surface area (TPSA) is 233 Å². The maximum atomic E-state index is 13.2. The molecule has 0 amide bonds. The highest BCUT2D eigenvalue weighted by atomic mass is 19.4. The van der Waals surface area contributed by atoms with Gasteiger partial charge in [0.2, 0.25) is 0 Å². The van der Waals surface area contributed by atoms with Gasteiger partial charge in [0.25, 0.3) is 18.3 Å². The van der Waals surface area contributed by atoms with E-state index in [2.05, 4.69) is 95.4 Å². The molecule has 24 rings (SSSR count). The fourth-order valence-electron chi connectivity index (χ4n) is 23.9. The minimum Gasteiger partial charge on any atom is -0.465 e. The number of quaternary nitrogens is 12. The van der Waals surface area contributed by atoms with Crippen molar-refractivity contribution in [2.45, 2.75) is 190 Å². The van der Waals surface area contributed by atoms with Crippen LogP contribution in [0.4, 0.5) is 52.7 Å². The zero-order chi connectivity index (χ0) is 92.3. The van der Waals surface area contributed by atoms with Gasteiger partial charge in [-0.15, -0.1) is 28.2 Å². The van der Waals surface area contributed by atoms with Crippen LogP contribution in [-0.2, 0) is 75.8 Å². The van der Waals surface area contributed by atoms with Crippen LogP contribution in [0.15, 0.2) is 0 Å². The predicted molar refractivity (Wildman–Crippen MR) is 428 cm³/mol. The van der Waals surface area contributed by atoms with E-state index in [9.17, 15) is 57.5 Å². The number of ether oxygens (including phenoxy) is 15. The molecule has 5 aliphatic carbocycles. The van der Waals surface area contributed by atoms with E-state index in [1.165, 1.54) is 58.8 Å². The molecular weight excluding hydrogens is 1710 g/mol. The summed E-state index contributed by atoms with van der Waals surface area (Å²) in [5.41, 5.74) is 0.752. The Hall–Kier alpha value is -2.92. The number of hydrogen-bond acceptors (Lipinski definition) is 17. The molecule has 0 aromatic carbocycles. The number of rotatable bonds is 3. The summed E-state index contributed by atoms with van der Waals surface area (Å²) in [6.45, 7) is 23.5. The lowest BCUT2D eigenvalue weighted by Crippen LogP contribution is -3.32. The van der Waals surface area contributed by atoms with Crippen LogP contribution in [0.1, 0.15) is 51.4 Å². The van der Waals surface area contributed by atoms with Gasteiger partial charge in [0.15, 0.2) is 30.5 Å². The number of nitrogens with zero attached hydrogens (tertiary/aromatic N) is 1. The molecule has 24 aliphatic rings. The molecule has 19 saturated heterocycles. The third kappa shape index (κ3) is 20.5. The van der Waals surface area contributed by atoms with Gasteiger partial charge in [-0.2, -0.15) is 74.8 Å². The number of carbonyl (C=O) groups is 1. The van der Waals surface area contributed by atoms with Gasteiger partial charge in [-0.25, -0.2) is 44.3 Å². The summed E-state index contributed by atoms with van der Waals surface area (Å²) in [5, 5.41) is 8.47. The van der Waals surface area contributed by atoms with Crippen molar-refractivity contribution >= 4 is 5.97 Å². The zero-order valence-corrected chi connectivity index (χ0v) is 74.5. The van der Waals surface area contributed by atoms with Gasteiger partial charge in [0.1, 0.15) is 147 Å². The summed E-state index contributed by atoms with van der Waals surface area (Å²) in [5.74, 6) is -5.20. The van der Waals surface area contributed by atoms with Crippen LogP contribution in [-0.4, -0.2) is 389 Å². The van der Waals surface area contributed by atoms with Crippen LogP contribution in [0.3, 0.4) is 0 Å². The molecule has 32 atom stereocenters. The first-order valence-electron chi connectivity index (χ1n) is 45.5. The van der Waals surface area contributed by atoms with Crippen LogP contribution in [0.25, 0.3) is 0 Å². The quantitative estimate of drug-likeness (QED) is 0.0716. The van der Waals surface area contributed by atoms with Gasteiger partial charge < -0.3 is 130 Å². The molecule has 0 bridgehead atoms. The van der Waals surface area contributed by atoms with Crippen molar-refractivity contribution in [3.63, 3.8) is 0 Å². The van der Waals surface area contributed by atoms with Gasteiger partial charge in [-0.3, -0.25) is 0 Å². The molecule has 0 radical (unpaired) electrons. The van der Waals surface area contributed by atoms with Crippen molar-refractivity contribution < 1.29 is 187 Å². The number of morpholine rings is 7. The Labute approximate surface area is 747 Å². The summed E-state index contributed by atoms with van der Waals surface area (Å²) in [6.07, 6.45) is -2.21. The third-order valence-electron chi connectivity index (χ3n) is 32.6. The molecule has 7 spiro atoms. The van der Waals surface area contributed by atoms with E-state index in [-0.39, 0.29) is 115 Å². The number of likely N-dealkylation sites (tertiary alicyclic amines) is 5. The lowest BCUT2D eigenvalue weighted by atomic mass is 9.51. The molecule has 0 aromatic rings. The SMILES string of the molecule is [CH2-][NH+]1C2CCCC23COCC13.[CH2-][NH+]1C2COCC23C(F)C(F)C13.[CH2-][NH+]1C2COCC23CC(F)(F)C13.[CH2-][NH+]1C2COCC23CC(F)(F)CC13.[CH2-][NH+]1C2COCC23COCC13.[CH2-][NH+]1CCOCC12CC2.[CH2-][NH+]1CCOCC12COC2.[CH2-][NH+]1CCOCC1C#N.[CH2-][NH+]1CCOCC1C(=O)OC.[CH2-][NH+]1CCOCC1C(F)(F)F.[CH2-][NH+]1CCOCC1C(F)F.[CH2-][NH+]1CCOCC1CF. The minimum atomic E-state index is -4.18. The molecule has 128 heavy (non-hydrogen) atoms. The summed E-state index contributed by atoms with van der Waals surface area (Å²) >= 11 is 0. The van der Waals surface area contributed by atoms with E-state index in [4.69, 9.17) is 71.6 Å². The number of nitriles is 1. The Morgan fingerprint density at radius 2 is 0.930 bits per heavy atom. The molecule has 19 aliphatic heterocycles. The maximum Gasteiger partial charge on any atom is 0.441 e. The van der Waals surface area contributed by atoms with E-state index in [1.807, 2.05) is 0 Å². The smallest absolute Gasteiger partial charge is 0.441 e. The summed E-state index contributed by atoms with van der Waals surface area (Å²) < 4.78 is 228. The van der Waals surface area contributed by atoms with Crippen molar-refractivity contribution in [1.82, 2.24) is 0 Å². The Balaban J connectivity index is 0.000000120. The molecule has 32 unspecified atom stereocenters. The van der Waals surface area contributed by atoms with E-state index in [0.29, 0.717) is 126 Å². The number of methoxy groups -OCH3 is 1. The average Bonchev–Trinajstić information content (AvgIpc) is 1.32. The number of esters is 1. The molecule has 41 heteroatoms. The number of piperidine rings is 2. The average molecular weight is 1860 g/mol. The standard InChI is InChI=1S/C9H13F2NO.C9H15NO.2C8H11F2NO.C8H13NO2.C7H13NO3.C7H13NO2.C7H13NO.C6H10F3NO.C6H11F2NO.C6H12FNO.C6H10N2O/c1-12-6-2-9(10,11)4-8(6)5-13-3-7(8)12;1-10-7-3-2-4-9(7)6-11-5-8(9)10;1-11-5-2-12-4-7(5)3-8(9,10)6(7)11;1-11-4-2-12-3-8(4)6(10)5(9)7(8)11;1-9-6-2-10-4-8(6)5-11-3-7(8)9;1-8-3-4-11-5-6(8)7(9)10-2;1-8-2-3-9-4-7(8)5-10-6-7;1-8-4-5-9-6-7(8)2-3-7;1-10-2-3-11-4-5(10)6(7,8)9;1-9-2-3-10-4-5(9)6(7)8;2*1-8-2-3-9-5-6(8)4-7/h6-7,12H,1-5H2;7-8,10H,1-6H2;5-6,11H,1-4H2;4-7,11H,1-3H2;6-7,9H,1-5H2;6,8H,1,3-5H2,2H3;8H,1-6H2;8H,1-6H2;5,10H,1-4H2;5-6,9H,1-4H2;6,8H,1-5H2;6,8H,1-3,5H2. The Bertz CT molecular complexity index is 3490. The lowest BCUT2D eigenvalue weighted by molar-refractivity contribution is -1.00. The highest BCUT2D eigenvalue weighted by Crippen LogP contribution is 2.60. The van der Waals surface area contributed by atoms with Gasteiger partial charge >= 0.3 is 12.1 Å². The second kappa shape index (κ2) is 42.6. The van der Waals surface area contributed by atoms with Crippen molar-refractivity contribution in [2.75, 3.05) is 245 Å². The van der Waals surface area contributed by atoms with E-state index in [0.717, 1.165) is 167 Å². The monoisotopic (exact) mass is 1860 g/mol. The fraction of sp³-hybridized carbons (Fsp3) is 0.839. The van der Waals surface area contributed by atoms with Crippen LogP contribution in [0.2, 0.25) is 0 Å². The van der Waals surface area contributed by atoms with Gasteiger partial charge in [-0.05, 0) is 19.3 Å². The maximum absolute atomic E-state index is 13.2. The zero-order valence-electron chi connectivity index (χ0n) is 74.5. The highest BCUT2D eigenvalue weighted by molar-refractivity contribution is 5.74. The fourth-order valence-corrected chi connectivity index (χ4v) is 23.9. The Morgan fingerprint density at radius 3 is 1.40 bits per heavy atom. The summed E-state index contributed by atoms with van der Waals surface area (Å²) in [7, 11) is 47.3. The second-order valence-corrected chi connectivity index (χ2v) is 39.7. The molecule has 0 aromatic heterocycles. The van der Waals surface area contributed by atoms with Crippen LogP contribution in [0.5, 0.6) is 0 Å².